The minimum Gasteiger partial charge on any atom is -0.312 e. The number of rotatable bonds is 9. The number of hydrogen-bond acceptors (Lipinski definition) is 14. The lowest BCUT2D eigenvalue weighted by atomic mass is 10.2. The van der Waals surface area contributed by atoms with Gasteiger partial charge in [-0.2, -0.15) is 15.3 Å². The number of benzene rings is 3. The summed E-state index contributed by atoms with van der Waals surface area (Å²) in [6.45, 7) is 10.7. The van der Waals surface area contributed by atoms with Crippen LogP contribution in [-0.2, 0) is 21.1 Å². The summed E-state index contributed by atoms with van der Waals surface area (Å²) in [5.41, 5.74) is 18.3. The van der Waals surface area contributed by atoms with Gasteiger partial charge in [0.25, 0.3) is 0 Å². The van der Waals surface area contributed by atoms with Gasteiger partial charge in [0.2, 0.25) is 17.8 Å². The number of aromatic nitrogens is 11. The van der Waals surface area contributed by atoms with E-state index in [1.165, 1.54) is 24.5 Å². The lowest BCUT2D eigenvalue weighted by Gasteiger charge is -2.03. The highest BCUT2D eigenvalue weighted by atomic mass is 19.1. The molecular weight excluding hydrogens is 848 g/mol. The molecule has 9 aromatic rings. The molecule has 0 bridgehead atoms. The van der Waals surface area contributed by atoms with Crippen LogP contribution < -0.4 is 16.3 Å². The Morgan fingerprint density at radius 3 is 1.29 bits per heavy atom. The standard InChI is InChI=1S/C16H16FN5.2C15H15FN6/c1-10-8-15-14(9-12(10)17)19-16(22(15)3)21-20-11(2)13-6-4-5-7-18-13;1-9-6-14-13(7-11(9)16)19-15(22(14)3)21-20-10(2)12-4-5-17-8-18-12;1-9-7-13-12(8-11(9)16)19-15(22(13)3)21-20-10(2)14-17-5-4-6-18-14/h4-9H,1-3H3,(H,19,21);2*4-8H,1-3H3,(H,19,21)/b20-11+;2*20-10+. The number of fused-ring (bicyclic) bond motifs is 3. The third-order valence-electron chi connectivity index (χ3n) is 10.3. The fourth-order valence-corrected chi connectivity index (χ4v) is 6.38. The summed E-state index contributed by atoms with van der Waals surface area (Å²) in [6, 6.07) is 18.7. The van der Waals surface area contributed by atoms with Gasteiger partial charge in [-0.15, -0.1) is 0 Å². The van der Waals surface area contributed by atoms with Gasteiger partial charge in [0.1, 0.15) is 29.5 Å². The Morgan fingerprint density at radius 1 is 0.485 bits per heavy atom. The summed E-state index contributed by atoms with van der Waals surface area (Å²) >= 11 is 0. The molecular formula is C46H46F3N17. The lowest BCUT2D eigenvalue weighted by molar-refractivity contribution is 0.620. The van der Waals surface area contributed by atoms with Gasteiger partial charge in [0.15, 0.2) is 5.82 Å². The van der Waals surface area contributed by atoms with Gasteiger partial charge in [-0.05, 0) is 101 Å². The first-order valence-electron chi connectivity index (χ1n) is 20.4. The predicted molar refractivity (Wildman–Crippen MR) is 252 cm³/mol. The molecule has 0 amide bonds. The van der Waals surface area contributed by atoms with Crippen molar-refractivity contribution >= 4 is 68.1 Å². The topological polar surface area (TPSA) is 191 Å². The van der Waals surface area contributed by atoms with Gasteiger partial charge >= 0.3 is 0 Å². The van der Waals surface area contributed by atoms with Crippen molar-refractivity contribution in [2.75, 3.05) is 16.3 Å². The molecule has 0 aliphatic carbocycles. The largest absolute Gasteiger partial charge is 0.312 e. The van der Waals surface area contributed by atoms with E-state index in [9.17, 15) is 13.2 Å². The number of imidazole rings is 3. The molecule has 20 heteroatoms. The van der Waals surface area contributed by atoms with Crippen molar-refractivity contribution in [3.05, 3.63) is 149 Å². The lowest BCUT2D eigenvalue weighted by Crippen LogP contribution is -2.06. The molecule has 6 heterocycles. The van der Waals surface area contributed by atoms with E-state index in [1.54, 1.807) is 82.8 Å². The molecule has 0 saturated carbocycles. The number of hydrogen-bond donors (Lipinski definition) is 3. The minimum absolute atomic E-state index is 0.259. The maximum absolute atomic E-state index is 13.6. The summed E-state index contributed by atoms with van der Waals surface area (Å²) in [5.74, 6) is 1.35. The third-order valence-corrected chi connectivity index (χ3v) is 10.3. The molecule has 17 nitrogen and oxygen atoms in total. The van der Waals surface area contributed by atoms with Crippen LogP contribution in [0.25, 0.3) is 33.1 Å². The first-order chi connectivity index (χ1) is 31.7. The van der Waals surface area contributed by atoms with Crippen LogP contribution in [0.3, 0.4) is 0 Å². The second-order valence-corrected chi connectivity index (χ2v) is 15.1. The van der Waals surface area contributed by atoms with Crippen molar-refractivity contribution in [3.63, 3.8) is 0 Å². The molecule has 0 fully saturated rings. The van der Waals surface area contributed by atoms with Gasteiger partial charge in [0.05, 0.1) is 55.9 Å². The highest BCUT2D eigenvalue weighted by Gasteiger charge is 2.13. The van der Waals surface area contributed by atoms with E-state index >= 15 is 0 Å². The second kappa shape index (κ2) is 20.0. The Labute approximate surface area is 377 Å². The second-order valence-electron chi connectivity index (χ2n) is 15.1. The Kier molecular flexibility index (Phi) is 13.8. The molecule has 0 radical (unpaired) electrons. The predicted octanol–water partition coefficient (Wildman–Crippen LogP) is 8.55. The zero-order chi connectivity index (χ0) is 47.1. The van der Waals surface area contributed by atoms with Crippen LogP contribution >= 0.6 is 0 Å². The highest BCUT2D eigenvalue weighted by molar-refractivity contribution is 5.98. The SMILES string of the molecule is C/C(=N\Nc1nc2cc(F)c(C)cc2n1C)c1ccccn1.C/C(=N\Nc1nc2cc(F)c(C)cc2n1C)c1ccncn1.C/C(=N\Nc1nc2cc(F)c(C)cc2n1C)c1ncccn1. The molecule has 0 spiro atoms. The molecule has 0 atom stereocenters. The molecule has 0 saturated heterocycles. The fourth-order valence-electron chi connectivity index (χ4n) is 6.38. The van der Waals surface area contributed by atoms with Crippen LogP contribution in [-0.4, -0.2) is 70.7 Å². The van der Waals surface area contributed by atoms with E-state index in [-0.39, 0.29) is 17.5 Å². The highest BCUT2D eigenvalue weighted by Crippen LogP contribution is 2.24. The van der Waals surface area contributed by atoms with Crippen molar-refractivity contribution in [3.8, 4) is 0 Å². The number of aryl methyl sites for hydroxylation is 6. The van der Waals surface area contributed by atoms with E-state index in [2.05, 4.69) is 71.5 Å². The van der Waals surface area contributed by atoms with Crippen molar-refractivity contribution in [1.82, 2.24) is 53.6 Å². The number of anilines is 3. The molecule has 66 heavy (non-hydrogen) atoms. The molecule has 336 valence electrons. The van der Waals surface area contributed by atoms with Gasteiger partial charge in [-0.1, -0.05) is 6.07 Å². The maximum atomic E-state index is 13.6. The number of halogens is 3. The Hall–Kier alpha value is -8.42. The monoisotopic (exact) mass is 893 g/mol. The summed E-state index contributed by atoms with van der Waals surface area (Å²) in [5, 5.41) is 12.8. The summed E-state index contributed by atoms with van der Waals surface area (Å²) < 4.78 is 46.3. The Balaban J connectivity index is 0.000000147. The zero-order valence-electron chi connectivity index (χ0n) is 37.6. The molecule has 0 unspecified atom stereocenters. The van der Waals surface area contributed by atoms with Crippen LogP contribution in [0.4, 0.5) is 31.0 Å². The number of nitrogens with zero attached hydrogens (tertiary/aromatic N) is 14. The summed E-state index contributed by atoms with van der Waals surface area (Å²) in [4.78, 5) is 33.5. The van der Waals surface area contributed by atoms with Crippen molar-refractivity contribution in [1.29, 1.82) is 0 Å². The minimum atomic E-state index is -0.269. The maximum Gasteiger partial charge on any atom is 0.224 e. The van der Waals surface area contributed by atoms with Crippen molar-refractivity contribution in [2.45, 2.75) is 41.5 Å². The molecule has 6 aromatic heterocycles. The van der Waals surface area contributed by atoms with Crippen LogP contribution in [0, 0.1) is 38.2 Å². The quantitative estimate of drug-likeness (QED) is 0.0930. The van der Waals surface area contributed by atoms with E-state index in [0.29, 0.717) is 68.3 Å². The summed E-state index contributed by atoms with van der Waals surface area (Å²) in [7, 11) is 5.56. The first-order valence-corrected chi connectivity index (χ1v) is 20.4. The van der Waals surface area contributed by atoms with Crippen LogP contribution in [0.5, 0.6) is 0 Å². The van der Waals surface area contributed by atoms with Gasteiger partial charge in [-0.3, -0.25) is 4.98 Å². The average Bonchev–Trinajstić information content (AvgIpc) is 3.92. The average molecular weight is 894 g/mol. The van der Waals surface area contributed by atoms with Gasteiger partial charge < -0.3 is 13.7 Å². The van der Waals surface area contributed by atoms with E-state index in [0.717, 1.165) is 33.6 Å². The van der Waals surface area contributed by atoms with Gasteiger partial charge in [-0.25, -0.2) is 64.3 Å². The van der Waals surface area contributed by atoms with Crippen molar-refractivity contribution < 1.29 is 13.2 Å². The third kappa shape index (κ3) is 10.3. The van der Waals surface area contributed by atoms with Gasteiger partial charge in [0, 0.05) is 64.1 Å². The first kappa shape index (κ1) is 45.6. The summed E-state index contributed by atoms with van der Waals surface area (Å²) in [6.07, 6.45) is 8.15. The Morgan fingerprint density at radius 2 is 0.894 bits per heavy atom. The zero-order valence-corrected chi connectivity index (χ0v) is 37.6. The van der Waals surface area contributed by atoms with E-state index < -0.39 is 0 Å². The van der Waals surface area contributed by atoms with Crippen LogP contribution in [0.15, 0.2) is 113 Å². The number of pyridine rings is 1. The van der Waals surface area contributed by atoms with Crippen LogP contribution in [0.2, 0.25) is 0 Å². The van der Waals surface area contributed by atoms with Crippen molar-refractivity contribution in [2.24, 2.45) is 36.4 Å². The fraction of sp³-hybridized carbons (Fsp3) is 0.196. The molecule has 9 rings (SSSR count). The molecule has 3 N–H and O–H groups in total. The van der Waals surface area contributed by atoms with E-state index in [4.69, 9.17) is 0 Å². The Bertz CT molecular complexity index is 2900. The number of hydrazone groups is 3. The van der Waals surface area contributed by atoms with Crippen LogP contribution in [0.1, 0.15) is 54.7 Å². The normalized spacial score (nSPS) is 11.9. The molecule has 0 aliphatic heterocycles. The smallest absolute Gasteiger partial charge is 0.224 e. The number of nitrogens with one attached hydrogen (secondary N) is 3. The molecule has 0 aliphatic rings. The van der Waals surface area contributed by atoms with E-state index in [1.807, 2.05) is 66.9 Å². The molecule has 3 aromatic carbocycles.